The van der Waals surface area contributed by atoms with Gasteiger partial charge in [0.1, 0.15) is 0 Å². The van der Waals surface area contributed by atoms with E-state index in [0.717, 1.165) is 0 Å². The Morgan fingerprint density at radius 2 is 0.850 bits per heavy atom. The van der Waals surface area contributed by atoms with E-state index in [-0.39, 0.29) is 16.2 Å². The average molecular weight is 780 g/mol. The Bertz CT molecular complexity index is 2820. The number of nitrogens with zero attached hydrogens (tertiary/aromatic N) is 1. The minimum Gasteiger partial charge on any atom is -0.310 e. The molecule has 60 heavy (non-hydrogen) atoms. The van der Waals surface area contributed by atoms with Crippen LogP contribution in [0.3, 0.4) is 0 Å². The molecule has 4 aliphatic carbocycles. The fourth-order valence-corrected chi connectivity index (χ4v) is 12.1. The van der Waals surface area contributed by atoms with Crippen LogP contribution in [0.2, 0.25) is 0 Å². The highest BCUT2D eigenvalue weighted by Gasteiger charge is 2.40. The molecule has 0 amide bonds. The van der Waals surface area contributed by atoms with Crippen LogP contribution >= 0.6 is 0 Å². The Morgan fingerprint density at radius 1 is 0.367 bits per heavy atom. The van der Waals surface area contributed by atoms with Crippen molar-refractivity contribution in [3.05, 3.63) is 185 Å². The number of anilines is 3. The van der Waals surface area contributed by atoms with E-state index in [1.165, 1.54) is 145 Å². The number of benzene rings is 7. The fraction of sp³-hybridized carbons (Fsp3) is 0.288. The first kappa shape index (κ1) is 37.3. The smallest absolute Gasteiger partial charge is 0.0465 e. The summed E-state index contributed by atoms with van der Waals surface area (Å²) in [5.41, 5.74) is 24.1. The average Bonchev–Trinajstić information content (AvgIpc) is 3.73. The van der Waals surface area contributed by atoms with Gasteiger partial charge >= 0.3 is 0 Å². The molecule has 7 aromatic rings. The lowest BCUT2D eigenvalue weighted by Gasteiger charge is -2.30. The maximum atomic E-state index is 2.53. The summed E-state index contributed by atoms with van der Waals surface area (Å²) in [5, 5.41) is 0. The van der Waals surface area contributed by atoms with Gasteiger partial charge in [-0.3, -0.25) is 0 Å². The lowest BCUT2D eigenvalue weighted by molar-refractivity contribution is 0.455. The predicted octanol–water partition coefficient (Wildman–Crippen LogP) is 16.6. The number of hydrogen-bond acceptors (Lipinski definition) is 1. The quantitative estimate of drug-likeness (QED) is 0.168. The molecule has 0 aromatic heterocycles. The molecule has 1 heteroatoms. The molecular formula is C59H57N. The van der Waals surface area contributed by atoms with Gasteiger partial charge in [-0.15, -0.1) is 0 Å². The summed E-state index contributed by atoms with van der Waals surface area (Å²) >= 11 is 0. The zero-order valence-electron chi connectivity index (χ0n) is 36.3. The van der Waals surface area contributed by atoms with Crippen LogP contribution in [-0.4, -0.2) is 0 Å². The Kier molecular flexibility index (Phi) is 8.52. The van der Waals surface area contributed by atoms with Gasteiger partial charge in [0.15, 0.2) is 0 Å². The maximum absolute atomic E-state index is 2.53. The van der Waals surface area contributed by atoms with Gasteiger partial charge in [0.2, 0.25) is 0 Å². The van der Waals surface area contributed by atoms with E-state index >= 15 is 0 Å². The predicted molar refractivity (Wildman–Crippen MR) is 254 cm³/mol. The third kappa shape index (κ3) is 5.57. The van der Waals surface area contributed by atoms with Crippen LogP contribution in [-0.2, 0) is 16.2 Å². The molecule has 0 saturated heterocycles. The second-order valence-corrected chi connectivity index (χ2v) is 19.9. The third-order valence-corrected chi connectivity index (χ3v) is 15.4. The molecule has 0 radical (unpaired) electrons. The number of fused-ring (bicyclic) bond motifs is 9. The summed E-state index contributed by atoms with van der Waals surface area (Å²) in [6, 6.07) is 56.4. The topological polar surface area (TPSA) is 3.24 Å². The SMILES string of the molecule is CC1(C)c2ccccc2-c2ccc(N(c3ccc(C4CCCCCCC4)cc3)c3ccc4c(c3)C(C)(C)c3ccc(-c5cccc6c5C(C)(C)c5ccccc5-6)cc3-4)cc21. The molecule has 1 nitrogen and oxygen atoms in total. The van der Waals surface area contributed by atoms with E-state index < -0.39 is 0 Å². The molecule has 1 fully saturated rings. The van der Waals surface area contributed by atoms with E-state index in [1.807, 2.05) is 0 Å². The summed E-state index contributed by atoms with van der Waals surface area (Å²) in [5.74, 6) is 0.662. The Balaban J connectivity index is 1.02. The van der Waals surface area contributed by atoms with Crippen LogP contribution in [0.25, 0.3) is 44.5 Å². The first-order valence-electron chi connectivity index (χ1n) is 22.7. The molecule has 298 valence electrons. The summed E-state index contributed by atoms with van der Waals surface area (Å²) in [6.45, 7) is 14.4. The van der Waals surface area contributed by atoms with Crippen molar-refractivity contribution < 1.29 is 0 Å². The summed E-state index contributed by atoms with van der Waals surface area (Å²) in [6.07, 6.45) is 9.47. The van der Waals surface area contributed by atoms with Crippen molar-refractivity contribution in [2.75, 3.05) is 4.90 Å². The molecule has 0 heterocycles. The zero-order chi connectivity index (χ0) is 41.0. The molecule has 1 saturated carbocycles. The maximum Gasteiger partial charge on any atom is 0.0465 e. The van der Waals surface area contributed by atoms with E-state index in [2.05, 4.69) is 192 Å². The van der Waals surface area contributed by atoms with Gasteiger partial charge in [0.05, 0.1) is 0 Å². The lowest BCUT2D eigenvalue weighted by atomic mass is 9.78. The fourth-order valence-electron chi connectivity index (χ4n) is 12.1. The van der Waals surface area contributed by atoms with Crippen molar-refractivity contribution in [1.82, 2.24) is 0 Å². The van der Waals surface area contributed by atoms with E-state index in [0.29, 0.717) is 5.92 Å². The minimum absolute atomic E-state index is 0.0695. The van der Waals surface area contributed by atoms with E-state index in [1.54, 1.807) is 0 Å². The Hall–Kier alpha value is -5.66. The molecule has 0 N–H and O–H groups in total. The van der Waals surface area contributed by atoms with Crippen molar-refractivity contribution >= 4 is 17.1 Å². The highest BCUT2D eigenvalue weighted by Crippen LogP contribution is 2.56. The second-order valence-electron chi connectivity index (χ2n) is 19.9. The van der Waals surface area contributed by atoms with Crippen molar-refractivity contribution in [1.29, 1.82) is 0 Å². The molecule has 11 rings (SSSR count). The summed E-state index contributed by atoms with van der Waals surface area (Å²) < 4.78 is 0. The largest absolute Gasteiger partial charge is 0.310 e. The van der Waals surface area contributed by atoms with Crippen molar-refractivity contribution in [2.45, 2.75) is 109 Å². The van der Waals surface area contributed by atoms with Gasteiger partial charge in [-0.05, 0) is 145 Å². The van der Waals surface area contributed by atoms with Gasteiger partial charge in [-0.1, -0.05) is 177 Å². The van der Waals surface area contributed by atoms with Gasteiger partial charge in [-0.2, -0.15) is 0 Å². The van der Waals surface area contributed by atoms with Crippen molar-refractivity contribution in [2.24, 2.45) is 0 Å². The second kappa shape index (κ2) is 13.7. The van der Waals surface area contributed by atoms with Gasteiger partial charge in [0, 0.05) is 33.3 Å². The first-order valence-corrected chi connectivity index (χ1v) is 22.7. The van der Waals surface area contributed by atoms with Gasteiger partial charge < -0.3 is 4.90 Å². The molecule has 0 bridgehead atoms. The number of hydrogen-bond donors (Lipinski definition) is 0. The molecular weight excluding hydrogens is 723 g/mol. The normalized spacial score (nSPS) is 17.7. The molecule has 0 unspecified atom stereocenters. The van der Waals surface area contributed by atoms with Crippen LogP contribution in [0, 0.1) is 0 Å². The summed E-state index contributed by atoms with van der Waals surface area (Å²) in [4.78, 5) is 2.53. The molecule has 0 atom stereocenters. The zero-order valence-corrected chi connectivity index (χ0v) is 36.3. The molecule has 7 aromatic carbocycles. The standard InChI is InChI=1S/C59H57N/c1-57(2)51-23-14-12-19-45(51)47-32-30-42(36-54(47)57)60(41-28-25-39(26-29-41)38-17-10-8-7-9-11-18-38)43-31-33-48-50-35-40(27-34-53(50)58(3,4)55(48)37-43)44-21-16-22-49-46-20-13-15-24-52(46)59(5,6)56(44)49/h12-16,19-38H,7-11,17-18H2,1-6H3. The van der Waals surface area contributed by atoms with Crippen LogP contribution in [0.4, 0.5) is 17.1 Å². The van der Waals surface area contributed by atoms with Crippen LogP contribution in [0.15, 0.2) is 146 Å². The summed E-state index contributed by atoms with van der Waals surface area (Å²) in [7, 11) is 0. The monoisotopic (exact) mass is 779 g/mol. The molecule has 0 spiro atoms. The van der Waals surface area contributed by atoms with E-state index in [4.69, 9.17) is 0 Å². The molecule has 0 aliphatic heterocycles. The van der Waals surface area contributed by atoms with E-state index in [9.17, 15) is 0 Å². The van der Waals surface area contributed by atoms with Crippen LogP contribution in [0.1, 0.15) is 131 Å². The van der Waals surface area contributed by atoms with Gasteiger partial charge in [0.25, 0.3) is 0 Å². The third-order valence-electron chi connectivity index (χ3n) is 15.4. The Morgan fingerprint density at radius 3 is 1.50 bits per heavy atom. The highest BCUT2D eigenvalue weighted by atomic mass is 15.1. The Labute approximate surface area is 358 Å². The van der Waals surface area contributed by atoms with Crippen molar-refractivity contribution in [3.8, 4) is 44.5 Å². The highest BCUT2D eigenvalue weighted by molar-refractivity contribution is 5.92. The first-order chi connectivity index (χ1) is 29.0. The number of rotatable bonds is 5. The lowest BCUT2D eigenvalue weighted by Crippen LogP contribution is -2.18. The van der Waals surface area contributed by atoms with Gasteiger partial charge in [-0.25, -0.2) is 0 Å². The van der Waals surface area contributed by atoms with Crippen LogP contribution < -0.4 is 4.90 Å². The molecule has 4 aliphatic rings. The van der Waals surface area contributed by atoms with Crippen LogP contribution in [0.5, 0.6) is 0 Å². The minimum atomic E-state index is -0.150. The van der Waals surface area contributed by atoms with Crippen molar-refractivity contribution in [3.63, 3.8) is 0 Å².